The molecule has 2 aromatic heterocycles. The summed E-state index contributed by atoms with van der Waals surface area (Å²) in [5.41, 5.74) is 10.2. The fourth-order valence-corrected chi connectivity index (χ4v) is 5.53. The number of nitrogens with two attached hydrogens (primary N) is 1. The number of rotatable bonds is 6. The lowest BCUT2D eigenvalue weighted by Crippen LogP contribution is -2.35. The van der Waals surface area contributed by atoms with Gasteiger partial charge in [0.1, 0.15) is 11.6 Å². The quantitative estimate of drug-likeness (QED) is 0.609. The smallest absolute Gasteiger partial charge is 0.309 e. The maximum absolute atomic E-state index is 12.4. The van der Waals surface area contributed by atoms with Crippen molar-refractivity contribution >= 4 is 23.1 Å². The molecule has 0 amide bonds. The SMILES string of the molecule is Cc1ncc(C[n+]2csc(CCOC(=O)[C@@H]3C[C@H]4CC[C@H]3C4)c2C)c(N)n1. The molecule has 2 aliphatic carbocycles. The van der Waals surface area contributed by atoms with E-state index >= 15 is 0 Å². The number of hydrogen-bond donors (Lipinski definition) is 1. The van der Waals surface area contributed by atoms with Crippen molar-refractivity contribution in [1.82, 2.24) is 9.97 Å². The molecule has 0 aliphatic heterocycles. The summed E-state index contributed by atoms with van der Waals surface area (Å²) >= 11 is 1.69. The standard InChI is InChI=1S/C20H27N4O2S/c1-12-18(5-6-26-20(25)17-8-14-3-4-15(17)7-14)27-11-24(12)10-16-9-22-13(2)23-19(16)21/h9,11,14-15,17H,3-8,10H2,1-2H3,(H2,21,22,23)/q+1/t14-,15-,17+/m0/s1. The number of esters is 1. The summed E-state index contributed by atoms with van der Waals surface area (Å²) in [6, 6.07) is 0. The van der Waals surface area contributed by atoms with Gasteiger partial charge in [0.15, 0.2) is 12.2 Å². The van der Waals surface area contributed by atoms with Gasteiger partial charge < -0.3 is 10.5 Å². The topological polar surface area (TPSA) is 82.0 Å². The summed E-state index contributed by atoms with van der Waals surface area (Å²) in [7, 11) is 0. The van der Waals surface area contributed by atoms with E-state index in [-0.39, 0.29) is 11.9 Å². The number of nitrogen functional groups attached to an aromatic ring is 1. The van der Waals surface area contributed by atoms with Crippen LogP contribution in [-0.4, -0.2) is 22.5 Å². The van der Waals surface area contributed by atoms with E-state index in [0.29, 0.717) is 30.7 Å². The van der Waals surface area contributed by atoms with Crippen molar-refractivity contribution in [3.05, 3.63) is 33.7 Å². The molecule has 0 radical (unpaired) electrons. The number of aromatic nitrogens is 3. The van der Waals surface area contributed by atoms with E-state index in [9.17, 15) is 4.79 Å². The maximum atomic E-state index is 12.4. The average Bonchev–Trinajstić information content (AvgIpc) is 3.35. The van der Waals surface area contributed by atoms with Crippen molar-refractivity contribution in [3.63, 3.8) is 0 Å². The molecule has 2 N–H and O–H groups in total. The van der Waals surface area contributed by atoms with Crippen molar-refractivity contribution in [2.75, 3.05) is 12.3 Å². The molecule has 2 bridgehead atoms. The third kappa shape index (κ3) is 3.83. The maximum Gasteiger partial charge on any atom is 0.309 e. The first-order chi connectivity index (χ1) is 13.0. The van der Waals surface area contributed by atoms with Crippen LogP contribution < -0.4 is 10.3 Å². The summed E-state index contributed by atoms with van der Waals surface area (Å²) in [5, 5.41) is 0. The second-order valence-corrected chi connectivity index (χ2v) is 8.83. The first-order valence-corrected chi connectivity index (χ1v) is 10.6. The van der Waals surface area contributed by atoms with Crippen LogP contribution in [0.25, 0.3) is 0 Å². The van der Waals surface area contributed by atoms with E-state index in [1.54, 1.807) is 17.5 Å². The zero-order chi connectivity index (χ0) is 19.0. The van der Waals surface area contributed by atoms with Crippen LogP contribution in [0.3, 0.4) is 0 Å². The molecule has 3 atom stereocenters. The van der Waals surface area contributed by atoms with Gasteiger partial charge in [-0.25, -0.2) is 9.97 Å². The van der Waals surface area contributed by atoms with Crippen molar-refractivity contribution in [1.29, 1.82) is 0 Å². The van der Waals surface area contributed by atoms with Crippen LogP contribution in [0, 0.1) is 31.6 Å². The molecule has 2 heterocycles. The predicted octanol–water partition coefficient (Wildman–Crippen LogP) is 2.59. The number of thiazole rings is 1. The molecule has 2 fully saturated rings. The number of hydrogen-bond acceptors (Lipinski definition) is 6. The molecule has 7 heteroatoms. The van der Waals surface area contributed by atoms with Gasteiger partial charge in [0.05, 0.1) is 23.0 Å². The Balaban J connectivity index is 1.32. The summed E-state index contributed by atoms with van der Waals surface area (Å²) in [6.07, 6.45) is 7.34. The molecular weight excluding hydrogens is 360 g/mol. The highest BCUT2D eigenvalue weighted by Crippen LogP contribution is 2.48. The molecule has 0 aromatic carbocycles. The second kappa shape index (κ2) is 7.54. The van der Waals surface area contributed by atoms with Gasteiger partial charge in [-0.1, -0.05) is 17.8 Å². The van der Waals surface area contributed by atoms with Crippen LogP contribution >= 0.6 is 11.3 Å². The van der Waals surface area contributed by atoms with E-state index in [4.69, 9.17) is 10.5 Å². The Hall–Kier alpha value is -2.02. The Morgan fingerprint density at radius 3 is 2.93 bits per heavy atom. The fourth-order valence-electron chi connectivity index (χ4n) is 4.55. The van der Waals surface area contributed by atoms with Crippen LogP contribution in [0.5, 0.6) is 0 Å². The summed E-state index contributed by atoms with van der Waals surface area (Å²) in [4.78, 5) is 22.1. The van der Waals surface area contributed by atoms with Gasteiger partial charge in [-0.2, -0.15) is 4.57 Å². The minimum atomic E-state index is 0.0221. The molecular formula is C20H27N4O2S+. The lowest BCUT2D eigenvalue weighted by molar-refractivity contribution is -0.689. The third-order valence-electron chi connectivity index (χ3n) is 6.13. The van der Waals surface area contributed by atoms with Gasteiger partial charge in [-0.3, -0.25) is 4.79 Å². The monoisotopic (exact) mass is 387 g/mol. The largest absolute Gasteiger partial charge is 0.465 e. The number of nitrogens with zero attached hydrogens (tertiary/aromatic N) is 3. The molecule has 4 rings (SSSR count). The van der Waals surface area contributed by atoms with Crippen LogP contribution in [0.4, 0.5) is 5.82 Å². The normalized spacial score (nSPS) is 23.7. The molecule has 144 valence electrons. The summed E-state index contributed by atoms with van der Waals surface area (Å²) in [5.74, 6) is 2.74. The Kier molecular flexibility index (Phi) is 5.12. The lowest BCUT2D eigenvalue weighted by Gasteiger charge is -2.19. The zero-order valence-corrected chi connectivity index (χ0v) is 16.8. The van der Waals surface area contributed by atoms with E-state index in [1.165, 1.54) is 29.8 Å². The van der Waals surface area contributed by atoms with Gasteiger partial charge in [-0.05, 0) is 38.0 Å². The molecule has 0 unspecified atom stereocenters. The van der Waals surface area contributed by atoms with Gasteiger partial charge >= 0.3 is 5.97 Å². The molecule has 0 spiro atoms. The number of ether oxygens (including phenoxy) is 1. The van der Waals surface area contributed by atoms with Crippen molar-refractivity contribution in [2.45, 2.75) is 52.5 Å². The van der Waals surface area contributed by atoms with Crippen LogP contribution in [0.2, 0.25) is 0 Å². The fraction of sp³-hybridized carbons (Fsp3) is 0.600. The highest BCUT2D eigenvalue weighted by Gasteiger charge is 2.43. The van der Waals surface area contributed by atoms with Gasteiger partial charge in [-0.15, -0.1) is 0 Å². The molecule has 0 saturated heterocycles. The summed E-state index contributed by atoms with van der Waals surface area (Å²) < 4.78 is 7.77. The van der Waals surface area contributed by atoms with E-state index in [2.05, 4.69) is 27.0 Å². The minimum Gasteiger partial charge on any atom is -0.465 e. The number of anilines is 1. The first-order valence-electron chi connectivity index (χ1n) is 9.72. The van der Waals surface area contributed by atoms with Gasteiger partial charge in [0.25, 0.3) is 0 Å². The Bertz CT molecular complexity index is 851. The van der Waals surface area contributed by atoms with Crippen LogP contribution in [0.15, 0.2) is 11.7 Å². The van der Waals surface area contributed by atoms with Gasteiger partial charge in [0, 0.05) is 19.5 Å². The highest BCUT2D eigenvalue weighted by atomic mass is 32.1. The van der Waals surface area contributed by atoms with E-state index in [0.717, 1.165) is 24.3 Å². The van der Waals surface area contributed by atoms with Crippen LogP contribution in [-0.2, 0) is 22.5 Å². The Morgan fingerprint density at radius 1 is 1.37 bits per heavy atom. The van der Waals surface area contributed by atoms with Crippen molar-refractivity contribution in [2.24, 2.45) is 17.8 Å². The van der Waals surface area contributed by atoms with Crippen LogP contribution in [0.1, 0.15) is 47.6 Å². The lowest BCUT2D eigenvalue weighted by atomic mass is 9.89. The van der Waals surface area contributed by atoms with E-state index in [1.807, 2.05) is 6.92 Å². The Morgan fingerprint density at radius 2 is 2.22 bits per heavy atom. The van der Waals surface area contributed by atoms with E-state index < -0.39 is 0 Å². The average molecular weight is 388 g/mol. The highest BCUT2D eigenvalue weighted by molar-refractivity contribution is 7.09. The Labute approximate surface area is 163 Å². The molecule has 2 saturated carbocycles. The van der Waals surface area contributed by atoms with Crippen molar-refractivity contribution < 1.29 is 14.1 Å². The number of aryl methyl sites for hydroxylation is 1. The second-order valence-electron chi connectivity index (χ2n) is 7.89. The van der Waals surface area contributed by atoms with Crippen molar-refractivity contribution in [3.8, 4) is 0 Å². The summed E-state index contributed by atoms with van der Waals surface area (Å²) in [6.45, 7) is 5.04. The molecule has 2 aliphatic rings. The first kappa shape index (κ1) is 18.3. The number of carbonyl (C=O) groups is 1. The minimum absolute atomic E-state index is 0.0221. The predicted molar refractivity (Wildman–Crippen MR) is 103 cm³/mol. The number of fused-ring (bicyclic) bond motifs is 2. The number of carbonyl (C=O) groups excluding carboxylic acids is 1. The van der Waals surface area contributed by atoms with Gasteiger partial charge in [0.2, 0.25) is 5.51 Å². The molecule has 6 nitrogen and oxygen atoms in total. The molecule has 27 heavy (non-hydrogen) atoms. The molecule has 2 aromatic rings. The third-order valence-corrected chi connectivity index (χ3v) is 7.27. The zero-order valence-electron chi connectivity index (χ0n) is 16.0.